The van der Waals surface area contributed by atoms with Crippen LogP contribution >= 0.6 is 12.4 Å². The third-order valence-electron chi connectivity index (χ3n) is 3.60. The van der Waals surface area contributed by atoms with Crippen LogP contribution in [0.2, 0.25) is 0 Å². The predicted octanol–water partition coefficient (Wildman–Crippen LogP) is 2.34. The van der Waals surface area contributed by atoms with Gasteiger partial charge in [0.1, 0.15) is 0 Å². The van der Waals surface area contributed by atoms with Gasteiger partial charge < -0.3 is 5.32 Å². The Bertz CT molecular complexity index is 361. The van der Waals surface area contributed by atoms with Gasteiger partial charge in [-0.25, -0.2) is 0 Å². The molecule has 1 aliphatic rings. The van der Waals surface area contributed by atoms with Gasteiger partial charge in [0.15, 0.2) is 0 Å². The highest BCUT2D eigenvalue weighted by atomic mass is 35.5. The van der Waals surface area contributed by atoms with E-state index < -0.39 is 0 Å². The molecule has 0 bridgehead atoms. The first kappa shape index (κ1) is 16.4. The van der Waals surface area contributed by atoms with Crippen LogP contribution in [0.25, 0.3) is 0 Å². The Morgan fingerprint density at radius 3 is 2.53 bits per heavy atom. The molecule has 1 fully saturated rings. The third kappa shape index (κ3) is 4.77. The Hall–Kier alpha value is -0.610. The number of rotatable bonds is 4. The summed E-state index contributed by atoms with van der Waals surface area (Å²) in [4.78, 5) is 0. The lowest BCUT2D eigenvalue weighted by atomic mass is 9.80. The van der Waals surface area contributed by atoms with Crippen molar-refractivity contribution in [3.05, 3.63) is 35.9 Å². The van der Waals surface area contributed by atoms with E-state index in [1.807, 2.05) is 0 Å². The molecule has 1 aromatic carbocycles. The SMILES string of the molecule is CC(C)(C)C1NNCC1CNCc1ccccc1.Cl. The van der Waals surface area contributed by atoms with Gasteiger partial charge in [-0.15, -0.1) is 12.4 Å². The van der Waals surface area contributed by atoms with Crippen molar-refractivity contribution in [1.29, 1.82) is 0 Å². The second kappa shape index (κ2) is 7.25. The largest absolute Gasteiger partial charge is 0.312 e. The van der Waals surface area contributed by atoms with Crippen LogP contribution < -0.4 is 16.2 Å². The Kier molecular flexibility index (Phi) is 6.27. The van der Waals surface area contributed by atoms with Crippen LogP contribution in [0.1, 0.15) is 26.3 Å². The van der Waals surface area contributed by atoms with Gasteiger partial charge in [0.2, 0.25) is 0 Å². The van der Waals surface area contributed by atoms with E-state index in [4.69, 9.17) is 0 Å². The normalized spacial score (nSPS) is 23.1. The zero-order valence-corrected chi connectivity index (χ0v) is 12.9. The van der Waals surface area contributed by atoms with E-state index in [0.717, 1.165) is 19.6 Å². The quantitative estimate of drug-likeness (QED) is 0.794. The number of hydrogen-bond acceptors (Lipinski definition) is 3. The average Bonchev–Trinajstić information content (AvgIpc) is 2.78. The van der Waals surface area contributed by atoms with E-state index in [1.54, 1.807) is 0 Å². The molecule has 0 amide bonds. The van der Waals surface area contributed by atoms with Crippen molar-refractivity contribution >= 4 is 12.4 Å². The van der Waals surface area contributed by atoms with Crippen LogP contribution in [-0.2, 0) is 6.54 Å². The molecule has 0 spiro atoms. The van der Waals surface area contributed by atoms with E-state index in [1.165, 1.54) is 5.56 Å². The van der Waals surface area contributed by atoms with Crippen molar-refractivity contribution in [3.8, 4) is 0 Å². The summed E-state index contributed by atoms with van der Waals surface area (Å²) >= 11 is 0. The molecule has 108 valence electrons. The zero-order chi connectivity index (χ0) is 13.0. The summed E-state index contributed by atoms with van der Waals surface area (Å²) in [5, 5.41) is 3.57. The predicted molar refractivity (Wildman–Crippen MR) is 83.3 cm³/mol. The molecule has 1 saturated heterocycles. The minimum Gasteiger partial charge on any atom is -0.312 e. The maximum absolute atomic E-state index is 3.57. The van der Waals surface area contributed by atoms with Crippen molar-refractivity contribution in [2.24, 2.45) is 11.3 Å². The van der Waals surface area contributed by atoms with Gasteiger partial charge in [0.25, 0.3) is 0 Å². The number of hydrazine groups is 1. The Morgan fingerprint density at radius 1 is 1.21 bits per heavy atom. The monoisotopic (exact) mass is 283 g/mol. The van der Waals surface area contributed by atoms with E-state index in [2.05, 4.69) is 67.3 Å². The summed E-state index contributed by atoms with van der Waals surface area (Å²) in [5.74, 6) is 0.647. The summed E-state index contributed by atoms with van der Waals surface area (Å²) in [6, 6.07) is 11.1. The summed E-state index contributed by atoms with van der Waals surface area (Å²) in [7, 11) is 0. The third-order valence-corrected chi connectivity index (χ3v) is 3.60. The van der Waals surface area contributed by atoms with E-state index in [-0.39, 0.29) is 12.4 Å². The maximum Gasteiger partial charge on any atom is 0.0314 e. The van der Waals surface area contributed by atoms with E-state index in [0.29, 0.717) is 17.4 Å². The van der Waals surface area contributed by atoms with Gasteiger partial charge in [0.05, 0.1) is 0 Å². The van der Waals surface area contributed by atoms with Gasteiger partial charge in [-0.1, -0.05) is 51.1 Å². The van der Waals surface area contributed by atoms with Crippen molar-refractivity contribution < 1.29 is 0 Å². The molecule has 1 aromatic rings. The van der Waals surface area contributed by atoms with Gasteiger partial charge in [0, 0.05) is 31.6 Å². The van der Waals surface area contributed by atoms with Crippen molar-refractivity contribution in [2.75, 3.05) is 13.1 Å². The van der Waals surface area contributed by atoms with E-state index >= 15 is 0 Å². The lowest BCUT2D eigenvalue weighted by Gasteiger charge is -2.31. The molecule has 1 heterocycles. The maximum atomic E-state index is 3.57. The van der Waals surface area contributed by atoms with Gasteiger partial charge >= 0.3 is 0 Å². The van der Waals surface area contributed by atoms with Crippen LogP contribution in [0, 0.1) is 11.3 Å². The molecule has 19 heavy (non-hydrogen) atoms. The lowest BCUT2D eigenvalue weighted by Crippen LogP contribution is -2.44. The highest BCUT2D eigenvalue weighted by molar-refractivity contribution is 5.85. The Labute approximate surface area is 122 Å². The molecule has 0 aliphatic carbocycles. The highest BCUT2D eigenvalue weighted by Gasteiger charge is 2.35. The first-order valence-electron chi connectivity index (χ1n) is 6.80. The van der Waals surface area contributed by atoms with Gasteiger partial charge in [-0.2, -0.15) is 0 Å². The van der Waals surface area contributed by atoms with E-state index in [9.17, 15) is 0 Å². The fourth-order valence-corrected chi connectivity index (χ4v) is 2.65. The molecule has 2 rings (SSSR count). The molecule has 3 N–H and O–H groups in total. The molecular formula is C15H26ClN3. The molecule has 1 aliphatic heterocycles. The Balaban J connectivity index is 0.00000180. The molecule has 0 radical (unpaired) electrons. The van der Waals surface area contributed by atoms with Crippen LogP contribution in [-0.4, -0.2) is 19.1 Å². The van der Waals surface area contributed by atoms with Crippen LogP contribution in [0.3, 0.4) is 0 Å². The zero-order valence-electron chi connectivity index (χ0n) is 12.1. The highest BCUT2D eigenvalue weighted by Crippen LogP contribution is 2.26. The molecule has 2 unspecified atom stereocenters. The minimum atomic E-state index is 0. The second-order valence-electron chi connectivity index (χ2n) is 6.25. The smallest absolute Gasteiger partial charge is 0.0314 e. The summed E-state index contributed by atoms with van der Waals surface area (Å²) in [5.41, 5.74) is 8.34. The van der Waals surface area contributed by atoms with Crippen LogP contribution in [0.4, 0.5) is 0 Å². The van der Waals surface area contributed by atoms with Gasteiger partial charge in [-0.05, 0) is 11.0 Å². The molecule has 2 atom stereocenters. The first-order chi connectivity index (χ1) is 8.57. The summed E-state index contributed by atoms with van der Waals surface area (Å²) in [6.07, 6.45) is 0. The average molecular weight is 284 g/mol. The van der Waals surface area contributed by atoms with Crippen LogP contribution in [0.5, 0.6) is 0 Å². The summed E-state index contributed by atoms with van der Waals surface area (Å²) < 4.78 is 0. The van der Waals surface area contributed by atoms with Gasteiger partial charge in [-0.3, -0.25) is 10.9 Å². The standard InChI is InChI=1S/C15H25N3.ClH/c1-15(2,3)14-13(11-17-18-14)10-16-9-12-7-5-4-6-8-12;/h4-8,13-14,16-18H,9-11H2,1-3H3;1H. The first-order valence-corrected chi connectivity index (χ1v) is 6.80. The van der Waals surface area contributed by atoms with Crippen LogP contribution in [0.15, 0.2) is 30.3 Å². The second-order valence-corrected chi connectivity index (χ2v) is 6.25. The number of benzene rings is 1. The topological polar surface area (TPSA) is 36.1 Å². The Morgan fingerprint density at radius 2 is 1.89 bits per heavy atom. The van der Waals surface area contributed by atoms with Crippen molar-refractivity contribution in [1.82, 2.24) is 16.2 Å². The minimum absolute atomic E-state index is 0. The molecule has 0 saturated carbocycles. The fourth-order valence-electron chi connectivity index (χ4n) is 2.65. The number of hydrogen-bond donors (Lipinski definition) is 3. The summed E-state index contributed by atoms with van der Waals surface area (Å²) in [6.45, 7) is 9.93. The lowest BCUT2D eigenvalue weighted by molar-refractivity contribution is 0.235. The molecular weight excluding hydrogens is 258 g/mol. The fraction of sp³-hybridized carbons (Fsp3) is 0.600. The van der Waals surface area contributed by atoms with Crippen molar-refractivity contribution in [3.63, 3.8) is 0 Å². The number of nitrogens with one attached hydrogen (secondary N) is 3. The number of halogens is 1. The molecule has 3 nitrogen and oxygen atoms in total. The van der Waals surface area contributed by atoms with Crippen molar-refractivity contribution in [2.45, 2.75) is 33.4 Å². The molecule has 0 aromatic heterocycles. The molecule has 4 heteroatoms.